The molecule has 1 heterocycles. The van der Waals surface area contributed by atoms with Crippen molar-refractivity contribution in [2.75, 3.05) is 12.3 Å². The lowest BCUT2D eigenvalue weighted by atomic mass is 10.5. The van der Waals surface area contributed by atoms with Gasteiger partial charge in [0.1, 0.15) is 11.1 Å². The van der Waals surface area contributed by atoms with Crippen LogP contribution in [0.4, 0.5) is 0 Å². The molecule has 12 heavy (non-hydrogen) atoms. The van der Waals surface area contributed by atoms with Crippen LogP contribution in [0.25, 0.3) is 0 Å². The molecule has 1 rings (SSSR count). The summed E-state index contributed by atoms with van der Waals surface area (Å²) in [6.45, 7) is 2.73. The average Bonchev–Trinajstić information content (AvgIpc) is 1.99. The van der Waals surface area contributed by atoms with Crippen LogP contribution >= 0.6 is 23.4 Å². The van der Waals surface area contributed by atoms with E-state index in [1.54, 1.807) is 11.8 Å². The van der Waals surface area contributed by atoms with E-state index >= 15 is 0 Å². The largest absolute Gasteiger partial charge is 0.330 e. The van der Waals surface area contributed by atoms with E-state index in [4.69, 9.17) is 17.3 Å². The Kier molecular flexibility index (Phi) is 4.63. The number of hydrogen-bond acceptors (Lipinski definition) is 5. The van der Waals surface area contributed by atoms with Gasteiger partial charge in [-0.3, -0.25) is 16.0 Å². The molecule has 0 aromatic heterocycles. The van der Waals surface area contributed by atoms with Crippen LogP contribution < -0.4 is 21.7 Å². The fourth-order valence-corrected chi connectivity index (χ4v) is 2.30. The van der Waals surface area contributed by atoms with Crippen LogP contribution in [0.2, 0.25) is 0 Å². The molecule has 5 N–H and O–H groups in total. The van der Waals surface area contributed by atoms with Gasteiger partial charge in [0.25, 0.3) is 0 Å². The molecule has 0 aromatic carbocycles. The summed E-state index contributed by atoms with van der Waals surface area (Å²) in [6, 6.07) is 0. The molecule has 0 bridgehead atoms. The van der Waals surface area contributed by atoms with Crippen LogP contribution in [0.1, 0.15) is 6.92 Å². The summed E-state index contributed by atoms with van der Waals surface area (Å²) < 4.78 is 0. The molecule has 0 aromatic rings. The normalized spacial score (nSPS) is 36.8. The van der Waals surface area contributed by atoms with Gasteiger partial charge in [-0.1, -0.05) is 11.6 Å². The number of rotatable bonds is 3. The minimum Gasteiger partial charge on any atom is -0.330 e. The van der Waals surface area contributed by atoms with Gasteiger partial charge < -0.3 is 5.73 Å². The van der Waals surface area contributed by atoms with Crippen molar-refractivity contribution in [2.24, 2.45) is 5.73 Å². The quantitative estimate of drug-likeness (QED) is 0.378. The van der Waals surface area contributed by atoms with Crippen molar-refractivity contribution >= 4 is 23.4 Å². The van der Waals surface area contributed by atoms with Gasteiger partial charge in [-0.15, -0.1) is 11.8 Å². The van der Waals surface area contributed by atoms with Gasteiger partial charge in [-0.25, -0.2) is 0 Å². The lowest BCUT2D eigenvalue weighted by Crippen LogP contribution is -2.63. The van der Waals surface area contributed by atoms with E-state index < -0.39 is 0 Å². The third-order valence-corrected chi connectivity index (χ3v) is 2.83. The lowest BCUT2D eigenvalue weighted by Gasteiger charge is -2.33. The maximum absolute atomic E-state index is 5.88. The van der Waals surface area contributed by atoms with Crippen LogP contribution in [0.15, 0.2) is 0 Å². The Hall–Kier alpha value is 0.480. The van der Waals surface area contributed by atoms with Gasteiger partial charge in [0, 0.05) is 12.3 Å². The van der Waals surface area contributed by atoms with Gasteiger partial charge in [0.15, 0.2) is 0 Å². The minimum absolute atomic E-state index is 0.156. The average molecular weight is 211 g/mol. The summed E-state index contributed by atoms with van der Waals surface area (Å²) in [5.74, 6) is 0.932. The van der Waals surface area contributed by atoms with Crippen LogP contribution in [0, 0.1) is 0 Å². The Balaban J connectivity index is 2.24. The molecule has 0 amide bonds. The lowest BCUT2D eigenvalue weighted by molar-refractivity contribution is 0.311. The molecule has 0 aliphatic carbocycles. The Morgan fingerprint density at radius 2 is 2.17 bits per heavy atom. The summed E-state index contributed by atoms with van der Waals surface area (Å²) in [6.07, 6.45) is 0.240. The predicted octanol–water partition coefficient (Wildman–Crippen LogP) is -0.387. The van der Waals surface area contributed by atoms with Crippen LogP contribution in [0.5, 0.6) is 0 Å². The first kappa shape index (κ1) is 10.6. The van der Waals surface area contributed by atoms with E-state index in [1.165, 1.54) is 0 Å². The fraction of sp³-hybridized carbons (Fsp3) is 1.00. The van der Waals surface area contributed by atoms with Crippen molar-refractivity contribution in [2.45, 2.75) is 24.2 Å². The Bertz CT molecular complexity index is 127. The number of alkyl halides is 1. The maximum Gasteiger partial charge on any atom is 0.138 e. The van der Waals surface area contributed by atoms with Gasteiger partial charge in [-0.05, 0) is 6.92 Å². The SMILES string of the molecule is CC1NC(Cl)NC(SCCN)N1. The number of nitrogens with one attached hydrogen (secondary N) is 3. The first-order valence-electron chi connectivity index (χ1n) is 3.96. The smallest absolute Gasteiger partial charge is 0.138 e. The molecule has 0 saturated carbocycles. The second-order valence-corrected chi connectivity index (χ2v) is 4.27. The van der Waals surface area contributed by atoms with Crippen molar-refractivity contribution < 1.29 is 0 Å². The summed E-state index contributed by atoms with van der Waals surface area (Å²) in [5.41, 5.74) is 5.44. The number of hydrogen-bond donors (Lipinski definition) is 4. The zero-order chi connectivity index (χ0) is 8.97. The second kappa shape index (κ2) is 5.26. The third kappa shape index (κ3) is 3.47. The molecule has 1 aliphatic rings. The molecular formula is C6H15ClN4S. The van der Waals surface area contributed by atoms with Crippen molar-refractivity contribution in [3.63, 3.8) is 0 Å². The van der Waals surface area contributed by atoms with Gasteiger partial charge in [0.2, 0.25) is 0 Å². The summed E-state index contributed by atoms with van der Waals surface area (Å²) in [4.78, 5) is 0. The summed E-state index contributed by atoms with van der Waals surface area (Å²) >= 11 is 7.61. The Morgan fingerprint density at radius 1 is 1.42 bits per heavy atom. The van der Waals surface area contributed by atoms with Crippen LogP contribution in [-0.2, 0) is 0 Å². The minimum atomic E-state index is -0.156. The van der Waals surface area contributed by atoms with E-state index in [0.29, 0.717) is 6.54 Å². The topological polar surface area (TPSA) is 62.1 Å². The van der Waals surface area contributed by atoms with Crippen molar-refractivity contribution in [1.29, 1.82) is 0 Å². The highest BCUT2D eigenvalue weighted by molar-refractivity contribution is 7.99. The number of nitrogens with two attached hydrogens (primary N) is 1. The zero-order valence-electron chi connectivity index (χ0n) is 7.01. The van der Waals surface area contributed by atoms with E-state index in [1.807, 2.05) is 6.92 Å². The zero-order valence-corrected chi connectivity index (χ0v) is 8.58. The first-order chi connectivity index (χ1) is 5.72. The van der Waals surface area contributed by atoms with Gasteiger partial charge >= 0.3 is 0 Å². The molecule has 3 unspecified atom stereocenters. The summed E-state index contributed by atoms with van der Waals surface area (Å²) in [5, 5.41) is 9.50. The highest BCUT2D eigenvalue weighted by atomic mass is 35.5. The van der Waals surface area contributed by atoms with E-state index in [2.05, 4.69) is 16.0 Å². The number of halogens is 1. The van der Waals surface area contributed by atoms with E-state index in [9.17, 15) is 0 Å². The second-order valence-electron chi connectivity index (χ2n) is 2.62. The molecule has 0 spiro atoms. The Morgan fingerprint density at radius 3 is 2.75 bits per heavy atom. The van der Waals surface area contributed by atoms with Crippen molar-refractivity contribution in [1.82, 2.24) is 16.0 Å². The highest BCUT2D eigenvalue weighted by Crippen LogP contribution is 2.09. The van der Waals surface area contributed by atoms with E-state index in [0.717, 1.165) is 5.75 Å². The van der Waals surface area contributed by atoms with E-state index in [-0.39, 0.29) is 17.3 Å². The van der Waals surface area contributed by atoms with Crippen molar-refractivity contribution in [3.05, 3.63) is 0 Å². The van der Waals surface area contributed by atoms with Gasteiger partial charge in [-0.2, -0.15) is 0 Å². The predicted molar refractivity (Wildman–Crippen MR) is 53.8 cm³/mol. The van der Waals surface area contributed by atoms with Crippen LogP contribution in [0.3, 0.4) is 0 Å². The third-order valence-electron chi connectivity index (χ3n) is 1.50. The standard InChI is InChI=1S/C6H15ClN4S/c1-4-9-5(7)11-6(10-4)12-3-2-8/h4-6,9-11H,2-3,8H2,1H3. The molecule has 4 nitrogen and oxygen atoms in total. The first-order valence-corrected chi connectivity index (χ1v) is 5.45. The molecule has 1 saturated heterocycles. The molecule has 1 fully saturated rings. The van der Waals surface area contributed by atoms with Crippen molar-refractivity contribution in [3.8, 4) is 0 Å². The molecule has 72 valence electrons. The van der Waals surface area contributed by atoms with Gasteiger partial charge in [0.05, 0.1) is 6.17 Å². The Labute approximate surface area is 82.0 Å². The maximum atomic E-state index is 5.88. The number of thioether (sulfide) groups is 1. The molecule has 0 radical (unpaired) electrons. The highest BCUT2D eigenvalue weighted by Gasteiger charge is 2.21. The monoisotopic (exact) mass is 210 g/mol. The fourth-order valence-electron chi connectivity index (χ4n) is 1.01. The molecular weight excluding hydrogens is 196 g/mol. The molecule has 3 atom stereocenters. The summed E-state index contributed by atoms with van der Waals surface area (Å²) in [7, 11) is 0. The molecule has 1 aliphatic heterocycles. The van der Waals surface area contributed by atoms with Crippen LogP contribution in [-0.4, -0.2) is 29.6 Å². The molecule has 6 heteroatoms.